The molecule has 0 bridgehead atoms. The number of furan rings is 1. The molecule has 0 amide bonds. The van der Waals surface area contributed by atoms with Gasteiger partial charge in [-0.05, 0) is 49.7 Å². The van der Waals surface area contributed by atoms with Crippen LogP contribution >= 0.6 is 0 Å². The van der Waals surface area contributed by atoms with E-state index in [1.54, 1.807) is 6.26 Å². The predicted octanol–water partition coefficient (Wildman–Crippen LogP) is 4.91. The van der Waals surface area contributed by atoms with Crippen LogP contribution in [0.25, 0.3) is 6.08 Å². The molecule has 0 aliphatic carbocycles. The van der Waals surface area contributed by atoms with Crippen LogP contribution in [0, 0.1) is 5.92 Å². The van der Waals surface area contributed by atoms with Gasteiger partial charge in [-0.2, -0.15) is 13.2 Å². The van der Waals surface area contributed by atoms with Crippen molar-refractivity contribution in [1.82, 2.24) is 4.90 Å². The normalized spacial score (nSPS) is 19.1. The van der Waals surface area contributed by atoms with Crippen molar-refractivity contribution in [1.29, 1.82) is 0 Å². The van der Waals surface area contributed by atoms with Gasteiger partial charge in [0.05, 0.1) is 11.8 Å². The molecule has 2 heterocycles. The predicted molar refractivity (Wildman–Crippen MR) is 92.7 cm³/mol. The zero-order chi connectivity index (χ0) is 18.6. The maximum atomic E-state index is 12.6. The average Bonchev–Trinajstić information content (AvgIpc) is 3.14. The summed E-state index contributed by atoms with van der Waals surface area (Å²) in [6, 6.07) is 8.19. The highest BCUT2D eigenvalue weighted by Crippen LogP contribution is 2.30. The van der Waals surface area contributed by atoms with E-state index in [1.807, 2.05) is 24.3 Å². The molecule has 1 unspecified atom stereocenters. The van der Waals surface area contributed by atoms with Gasteiger partial charge in [-0.3, -0.25) is 9.69 Å². The van der Waals surface area contributed by atoms with E-state index < -0.39 is 11.7 Å². The summed E-state index contributed by atoms with van der Waals surface area (Å²) in [4.78, 5) is 14.8. The second-order valence-electron chi connectivity index (χ2n) is 6.46. The van der Waals surface area contributed by atoms with E-state index in [1.165, 1.54) is 12.1 Å². The number of rotatable bonds is 5. The van der Waals surface area contributed by atoms with Gasteiger partial charge in [0.1, 0.15) is 5.76 Å². The van der Waals surface area contributed by atoms with E-state index in [0.29, 0.717) is 18.7 Å². The maximum Gasteiger partial charge on any atom is 0.416 e. The summed E-state index contributed by atoms with van der Waals surface area (Å²) in [6.45, 7) is 2.22. The molecule has 0 spiro atoms. The minimum Gasteiger partial charge on any atom is -0.465 e. The number of piperidine rings is 1. The van der Waals surface area contributed by atoms with E-state index in [2.05, 4.69) is 4.90 Å². The average molecular weight is 363 g/mol. The van der Waals surface area contributed by atoms with Crippen molar-refractivity contribution < 1.29 is 22.4 Å². The Labute approximate surface area is 150 Å². The second kappa shape index (κ2) is 7.91. The first kappa shape index (κ1) is 18.5. The van der Waals surface area contributed by atoms with Crippen LogP contribution in [-0.4, -0.2) is 30.3 Å². The van der Waals surface area contributed by atoms with Crippen LogP contribution in [0.15, 0.2) is 53.2 Å². The molecule has 1 aromatic carbocycles. The minimum absolute atomic E-state index is 0.0848. The van der Waals surface area contributed by atoms with Gasteiger partial charge in [-0.25, -0.2) is 0 Å². The third kappa shape index (κ3) is 4.64. The Bertz CT molecular complexity index is 748. The number of benzene rings is 1. The summed E-state index contributed by atoms with van der Waals surface area (Å²) in [7, 11) is 0. The lowest BCUT2D eigenvalue weighted by atomic mass is 9.89. The van der Waals surface area contributed by atoms with Crippen LogP contribution in [0.1, 0.15) is 34.5 Å². The number of alkyl halides is 3. The van der Waals surface area contributed by atoms with Crippen molar-refractivity contribution in [2.45, 2.75) is 19.0 Å². The largest absolute Gasteiger partial charge is 0.465 e. The first-order valence-electron chi connectivity index (χ1n) is 8.57. The second-order valence-corrected chi connectivity index (χ2v) is 6.46. The van der Waals surface area contributed by atoms with Crippen LogP contribution in [0.5, 0.6) is 0 Å². The number of likely N-dealkylation sites (tertiary alicyclic amines) is 1. The highest BCUT2D eigenvalue weighted by atomic mass is 19.4. The Kier molecular flexibility index (Phi) is 5.61. The van der Waals surface area contributed by atoms with E-state index in [0.717, 1.165) is 37.3 Å². The zero-order valence-electron chi connectivity index (χ0n) is 14.2. The lowest BCUT2D eigenvalue weighted by Crippen LogP contribution is -2.38. The molecule has 1 aliphatic heterocycles. The number of hydrogen-bond acceptors (Lipinski definition) is 3. The van der Waals surface area contributed by atoms with Crippen molar-refractivity contribution in [3.63, 3.8) is 0 Å². The standard InChI is InChI=1S/C20H20F3NO2/c21-20(22,23)17-9-7-15(8-10-17)19(25)16-4-1-11-24(14-16)12-2-5-18-6-3-13-26-18/h2-3,5-10,13,16H,1,4,11-12,14H2. The Morgan fingerprint density at radius 3 is 2.65 bits per heavy atom. The van der Waals surface area contributed by atoms with Crippen LogP contribution in [0.4, 0.5) is 13.2 Å². The van der Waals surface area contributed by atoms with Gasteiger partial charge in [0.15, 0.2) is 5.78 Å². The van der Waals surface area contributed by atoms with Gasteiger partial charge in [0.2, 0.25) is 0 Å². The molecule has 1 aromatic heterocycles. The number of nitrogens with zero attached hydrogens (tertiary/aromatic N) is 1. The first-order valence-corrected chi connectivity index (χ1v) is 8.57. The molecule has 0 radical (unpaired) electrons. The molecular formula is C20H20F3NO2. The van der Waals surface area contributed by atoms with Gasteiger partial charge in [-0.15, -0.1) is 0 Å². The Hall–Kier alpha value is -2.34. The fourth-order valence-electron chi connectivity index (χ4n) is 3.20. The van der Waals surface area contributed by atoms with Gasteiger partial charge < -0.3 is 4.42 Å². The van der Waals surface area contributed by atoms with Crippen molar-refractivity contribution >= 4 is 11.9 Å². The summed E-state index contributed by atoms with van der Waals surface area (Å²) in [6.07, 6.45) is 2.76. The smallest absolute Gasteiger partial charge is 0.416 e. The van der Waals surface area contributed by atoms with Crippen LogP contribution in [0.2, 0.25) is 0 Å². The molecule has 3 rings (SSSR count). The third-order valence-electron chi connectivity index (χ3n) is 4.56. The lowest BCUT2D eigenvalue weighted by Gasteiger charge is -2.31. The molecular weight excluding hydrogens is 343 g/mol. The topological polar surface area (TPSA) is 33.5 Å². The molecule has 1 saturated heterocycles. The Morgan fingerprint density at radius 1 is 1.23 bits per heavy atom. The fraction of sp³-hybridized carbons (Fsp3) is 0.350. The summed E-state index contributed by atoms with van der Waals surface area (Å²) >= 11 is 0. The number of ketones is 1. The van der Waals surface area contributed by atoms with Gasteiger partial charge >= 0.3 is 6.18 Å². The summed E-state index contributed by atoms with van der Waals surface area (Å²) in [5.74, 6) is 0.510. The molecule has 0 N–H and O–H groups in total. The molecule has 138 valence electrons. The number of carbonyl (C=O) groups is 1. The molecule has 26 heavy (non-hydrogen) atoms. The number of hydrogen-bond donors (Lipinski definition) is 0. The number of halogens is 3. The van der Waals surface area contributed by atoms with Crippen LogP contribution in [0.3, 0.4) is 0 Å². The summed E-state index contributed by atoms with van der Waals surface area (Å²) in [5, 5.41) is 0. The molecule has 2 aromatic rings. The fourth-order valence-corrected chi connectivity index (χ4v) is 3.20. The number of Topliss-reactive ketones (excluding diaryl/α,β-unsaturated/α-hetero) is 1. The third-order valence-corrected chi connectivity index (χ3v) is 4.56. The first-order chi connectivity index (χ1) is 12.4. The summed E-state index contributed by atoms with van der Waals surface area (Å²) in [5.41, 5.74) is -0.390. The Morgan fingerprint density at radius 2 is 2.00 bits per heavy atom. The molecule has 3 nitrogen and oxygen atoms in total. The Balaban J connectivity index is 1.59. The maximum absolute atomic E-state index is 12.6. The lowest BCUT2D eigenvalue weighted by molar-refractivity contribution is -0.137. The molecule has 1 aliphatic rings. The van der Waals surface area contributed by atoms with Gasteiger partial charge in [0.25, 0.3) is 0 Å². The molecule has 1 fully saturated rings. The van der Waals surface area contributed by atoms with E-state index in [4.69, 9.17) is 4.42 Å². The number of carbonyl (C=O) groups excluding carboxylic acids is 1. The highest BCUT2D eigenvalue weighted by molar-refractivity contribution is 5.98. The summed E-state index contributed by atoms with van der Waals surface area (Å²) < 4.78 is 43.2. The van der Waals surface area contributed by atoms with Crippen molar-refractivity contribution in [2.75, 3.05) is 19.6 Å². The van der Waals surface area contributed by atoms with Gasteiger partial charge in [-0.1, -0.05) is 18.2 Å². The molecule has 6 heteroatoms. The van der Waals surface area contributed by atoms with E-state index in [-0.39, 0.29) is 11.7 Å². The SMILES string of the molecule is O=C(c1ccc(C(F)(F)F)cc1)C1CCCN(CC=Cc2ccco2)C1. The van der Waals surface area contributed by atoms with Gasteiger partial charge in [0, 0.05) is 24.6 Å². The molecule has 1 atom stereocenters. The van der Waals surface area contributed by atoms with Crippen LogP contribution < -0.4 is 0 Å². The van der Waals surface area contributed by atoms with Crippen molar-refractivity contribution in [3.8, 4) is 0 Å². The van der Waals surface area contributed by atoms with E-state index >= 15 is 0 Å². The zero-order valence-corrected chi connectivity index (χ0v) is 14.2. The minimum atomic E-state index is -4.39. The highest BCUT2D eigenvalue weighted by Gasteiger charge is 2.31. The molecule has 0 saturated carbocycles. The van der Waals surface area contributed by atoms with Crippen LogP contribution in [-0.2, 0) is 6.18 Å². The van der Waals surface area contributed by atoms with Crippen molar-refractivity contribution in [3.05, 3.63) is 65.6 Å². The monoisotopic (exact) mass is 363 g/mol. The van der Waals surface area contributed by atoms with E-state index in [9.17, 15) is 18.0 Å². The van der Waals surface area contributed by atoms with Crippen molar-refractivity contribution in [2.24, 2.45) is 5.92 Å². The quantitative estimate of drug-likeness (QED) is 0.708.